The standard InChI is InChI=1S/C15H17N3O3/c1-3-12(16)13-8-7-11(9-17-13)21-15-10(2)5-4-6-14(15)18(19)20/h4-9,12H,3,16H2,1-2H3/t12-/m0/s1. The third kappa shape index (κ3) is 3.35. The van der Waals surface area contributed by atoms with Crippen molar-refractivity contribution in [2.75, 3.05) is 0 Å². The van der Waals surface area contributed by atoms with Gasteiger partial charge in [-0.2, -0.15) is 0 Å². The van der Waals surface area contributed by atoms with E-state index in [-0.39, 0.29) is 17.5 Å². The van der Waals surface area contributed by atoms with Gasteiger partial charge in [0, 0.05) is 12.1 Å². The number of rotatable bonds is 5. The fraction of sp³-hybridized carbons (Fsp3) is 0.267. The quantitative estimate of drug-likeness (QED) is 0.671. The number of nitrogens with two attached hydrogens (primary N) is 1. The predicted octanol–water partition coefficient (Wildman–Crippen LogP) is 3.50. The summed E-state index contributed by atoms with van der Waals surface area (Å²) in [5, 5.41) is 11.0. The summed E-state index contributed by atoms with van der Waals surface area (Å²) < 4.78 is 5.62. The molecule has 6 nitrogen and oxygen atoms in total. The van der Waals surface area contributed by atoms with Crippen molar-refractivity contribution in [2.45, 2.75) is 26.3 Å². The summed E-state index contributed by atoms with van der Waals surface area (Å²) in [6.45, 7) is 3.74. The lowest BCUT2D eigenvalue weighted by Crippen LogP contribution is -2.10. The van der Waals surface area contributed by atoms with Crippen LogP contribution in [0.25, 0.3) is 0 Å². The molecule has 2 rings (SSSR count). The molecule has 0 aliphatic rings. The number of pyridine rings is 1. The number of nitro benzene ring substituents is 1. The van der Waals surface area contributed by atoms with Crippen molar-refractivity contribution in [3.05, 3.63) is 57.9 Å². The molecule has 0 amide bonds. The molecule has 1 aromatic heterocycles. The highest BCUT2D eigenvalue weighted by molar-refractivity contribution is 5.52. The van der Waals surface area contributed by atoms with E-state index < -0.39 is 4.92 Å². The van der Waals surface area contributed by atoms with Gasteiger partial charge >= 0.3 is 5.69 Å². The van der Waals surface area contributed by atoms with Gasteiger partial charge in [-0.25, -0.2) is 0 Å². The van der Waals surface area contributed by atoms with Crippen LogP contribution in [0.5, 0.6) is 11.5 Å². The maximum Gasteiger partial charge on any atom is 0.311 e. The van der Waals surface area contributed by atoms with E-state index in [0.29, 0.717) is 11.3 Å². The third-order valence-corrected chi connectivity index (χ3v) is 3.19. The summed E-state index contributed by atoms with van der Waals surface area (Å²) >= 11 is 0. The fourth-order valence-corrected chi connectivity index (χ4v) is 1.91. The van der Waals surface area contributed by atoms with Crippen molar-refractivity contribution in [2.24, 2.45) is 5.73 Å². The number of ether oxygens (including phenoxy) is 1. The average molecular weight is 287 g/mol. The minimum atomic E-state index is -0.461. The molecular formula is C15H17N3O3. The van der Waals surface area contributed by atoms with Gasteiger partial charge in [0.1, 0.15) is 5.75 Å². The van der Waals surface area contributed by atoms with Crippen LogP contribution in [0.1, 0.15) is 30.6 Å². The normalized spacial score (nSPS) is 12.0. The van der Waals surface area contributed by atoms with Gasteiger partial charge in [-0.15, -0.1) is 0 Å². The van der Waals surface area contributed by atoms with Crippen molar-refractivity contribution < 1.29 is 9.66 Å². The summed E-state index contributed by atoms with van der Waals surface area (Å²) in [5.74, 6) is 0.677. The second-order valence-electron chi connectivity index (χ2n) is 4.72. The second-order valence-corrected chi connectivity index (χ2v) is 4.72. The summed E-state index contributed by atoms with van der Waals surface area (Å²) in [7, 11) is 0. The zero-order chi connectivity index (χ0) is 15.4. The Labute approximate surface area is 122 Å². The Hall–Kier alpha value is -2.47. The smallest absolute Gasteiger partial charge is 0.311 e. The second kappa shape index (κ2) is 6.32. The van der Waals surface area contributed by atoms with E-state index in [2.05, 4.69) is 4.98 Å². The largest absolute Gasteiger partial charge is 0.448 e. The number of nitro groups is 1. The Bertz CT molecular complexity index is 641. The van der Waals surface area contributed by atoms with Gasteiger partial charge in [0.2, 0.25) is 5.75 Å². The Balaban J connectivity index is 2.28. The molecule has 1 atom stereocenters. The summed E-state index contributed by atoms with van der Waals surface area (Å²) in [6.07, 6.45) is 2.32. The Morgan fingerprint density at radius 1 is 1.38 bits per heavy atom. The Morgan fingerprint density at radius 2 is 2.14 bits per heavy atom. The van der Waals surface area contributed by atoms with E-state index in [1.54, 1.807) is 31.2 Å². The fourth-order valence-electron chi connectivity index (χ4n) is 1.91. The molecule has 0 saturated carbocycles. The lowest BCUT2D eigenvalue weighted by atomic mass is 10.1. The number of hydrogen-bond donors (Lipinski definition) is 1. The van der Waals surface area contributed by atoms with Crippen LogP contribution in [-0.2, 0) is 0 Å². The molecular weight excluding hydrogens is 270 g/mol. The highest BCUT2D eigenvalue weighted by Gasteiger charge is 2.18. The predicted molar refractivity (Wildman–Crippen MR) is 79.4 cm³/mol. The molecule has 110 valence electrons. The first kappa shape index (κ1) is 14.9. The minimum Gasteiger partial charge on any atom is -0.448 e. The zero-order valence-electron chi connectivity index (χ0n) is 11.9. The lowest BCUT2D eigenvalue weighted by Gasteiger charge is -2.11. The van der Waals surface area contributed by atoms with E-state index in [1.165, 1.54) is 12.3 Å². The van der Waals surface area contributed by atoms with Gasteiger partial charge in [0.25, 0.3) is 0 Å². The van der Waals surface area contributed by atoms with E-state index in [9.17, 15) is 10.1 Å². The van der Waals surface area contributed by atoms with Crippen molar-refractivity contribution in [1.82, 2.24) is 4.98 Å². The van der Waals surface area contributed by atoms with Gasteiger partial charge in [0.15, 0.2) is 0 Å². The Kier molecular flexibility index (Phi) is 4.49. The van der Waals surface area contributed by atoms with Crippen LogP contribution in [-0.4, -0.2) is 9.91 Å². The number of para-hydroxylation sites is 1. The average Bonchev–Trinajstić information content (AvgIpc) is 2.49. The van der Waals surface area contributed by atoms with Crippen LogP contribution >= 0.6 is 0 Å². The van der Waals surface area contributed by atoms with Gasteiger partial charge in [-0.1, -0.05) is 19.1 Å². The number of aromatic nitrogens is 1. The Morgan fingerprint density at radius 3 is 2.71 bits per heavy atom. The number of benzene rings is 1. The topological polar surface area (TPSA) is 91.3 Å². The summed E-state index contributed by atoms with van der Waals surface area (Å²) in [5.41, 5.74) is 7.29. The zero-order valence-corrected chi connectivity index (χ0v) is 11.9. The van der Waals surface area contributed by atoms with Gasteiger partial charge < -0.3 is 10.5 Å². The first-order valence-corrected chi connectivity index (χ1v) is 6.66. The molecule has 0 spiro atoms. The lowest BCUT2D eigenvalue weighted by molar-refractivity contribution is -0.385. The molecule has 0 unspecified atom stereocenters. The summed E-state index contributed by atoms with van der Waals surface area (Å²) in [4.78, 5) is 14.8. The highest BCUT2D eigenvalue weighted by Crippen LogP contribution is 2.34. The van der Waals surface area contributed by atoms with Crippen molar-refractivity contribution in [3.63, 3.8) is 0 Å². The molecule has 6 heteroatoms. The first-order valence-electron chi connectivity index (χ1n) is 6.66. The van der Waals surface area contributed by atoms with E-state index >= 15 is 0 Å². The van der Waals surface area contributed by atoms with E-state index in [1.807, 2.05) is 6.92 Å². The van der Waals surface area contributed by atoms with E-state index in [0.717, 1.165) is 12.1 Å². The number of nitrogens with zero attached hydrogens (tertiary/aromatic N) is 2. The molecule has 0 saturated heterocycles. The molecule has 0 bridgehead atoms. The molecule has 2 N–H and O–H groups in total. The maximum atomic E-state index is 11.0. The van der Waals surface area contributed by atoms with Crippen molar-refractivity contribution >= 4 is 5.69 Å². The molecule has 0 fully saturated rings. The van der Waals surface area contributed by atoms with Crippen LogP contribution in [0.3, 0.4) is 0 Å². The molecule has 2 aromatic rings. The van der Waals surface area contributed by atoms with Crippen LogP contribution in [0.15, 0.2) is 36.5 Å². The monoisotopic (exact) mass is 287 g/mol. The third-order valence-electron chi connectivity index (χ3n) is 3.19. The number of hydrogen-bond acceptors (Lipinski definition) is 5. The molecule has 0 aliphatic heterocycles. The van der Waals surface area contributed by atoms with Gasteiger partial charge in [-0.05, 0) is 31.0 Å². The molecule has 0 aliphatic carbocycles. The van der Waals surface area contributed by atoms with Gasteiger partial charge in [0.05, 0.1) is 16.8 Å². The van der Waals surface area contributed by atoms with Crippen molar-refractivity contribution in [1.29, 1.82) is 0 Å². The van der Waals surface area contributed by atoms with Crippen LogP contribution in [0.2, 0.25) is 0 Å². The summed E-state index contributed by atoms with van der Waals surface area (Å²) in [6, 6.07) is 8.17. The SMILES string of the molecule is CC[C@H](N)c1ccc(Oc2c(C)cccc2[N+](=O)[O-])cn1. The van der Waals surface area contributed by atoms with Crippen LogP contribution in [0, 0.1) is 17.0 Å². The number of aryl methyl sites for hydroxylation is 1. The van der Waals surface area contributed by atoms with Crippen LogP contribution in [0.4, 0.5) is 5.69 Å². The molecule has 0 radical (unpaired) electrons. The highest BCUT2D eigenvalue weighted by atomic mass is 16.6. The van der Waals surface area contributed by atoms with Crippen LogP contribution < -0.4 is 10.5 Å². The first-order chi connectivity index (χ1) is 10.0. The molecule has 1 heterocycles. The van der Waals surface area contributed by atoms with Crippen molar-refractivity contribution in [3.8, 4) is 11.5 Å². The molecule has 21 heavy (non-hydrogen) atoms. The minimum absolute atomic E-state index is 0.0654. The van der Waals surface area contributed by atoms with E-state index in [4.69, 9.17) is 10.5 Å². The maximum absolute atomic E-state index is 11.0. The molecule has 1 aromatic carbocycles. The van der Waals surface area contributed by atoms with Gasteiger partial charge in [-0.3, -0.25) is 15.1 Å².